The Bertz CT molecular complexity index is 554. The molecule has 0 unspecified atom stereocenters. The van der Waals surface area contributed by atoms with Crippen molar-refractivity contribution in [3.8, 4) is 0 Å². The number of allylic oxidation sites excluding steroid dienone is 9. The molecule has 0 aromatic heterocycles. The summed E-state index contributed by atoms with van der Waals surface area (Å²) in [5, 5.41) is 0. The molecule has 0 radical (unpaired) electrons. The highest BCUT2D eigenvalue weighted by Crippen LogP contribution is 2.40. The summed E-state index contributed by atoms with van der Waals surface area (Å²) in [4.78, 5) is 10.1. The molecular formula is C21H30O2. The number of rotatable bonds is 7. The summed E-state index contributed by atoms with van der Waals surface area (Å²) in [5.74, 6) is 0. The van der Waals surface area contributed by atoms with Gasteiger partial charge in [-0.1, -0.05) is 60.9 Å². The van der Waals surface area contributed by atoms with Gasteiger partial charge in [0.25, 0.3) is 6.47 Å². The fourth-order valence-corrected chi connectivity index (χ4v) is 2.92. The van der Waals surface area contributed by atoms with Crippen molar-refractivity contribution in [3.05, 3.63) is 58.7 Å². The van der Waals surface area contributed by atoms with E-state index in [-0.39, 0.29) is 5.41 Å². The van der Waals surface area contributed by atoms with Crippen molar-refractivity contribution >= 4 is 6.47 Å². The molecule has 0 aliphatic heterocycles. The number of hydrogen-bond acceptors (Lipinski definition) is 2. The van der Waals surface area contributed by atoms with E-state index in [2.05, 4.69) is 50.7 Å². The van der Waals surface area contributed by atoms with Crippen LogP contribution in [0.1, 0.15) is 53.9 Å². The minimum absolute atomic E-state index is 0.285. The fraction of sp³-hybridized carbons (Fsp3) is 0.476. The minimum atomic E-state index is 0.285. The van der Waals surface area contributed by atoms with Crippen LogP contribution in [0.2, 0.25) is 0 Å². The van der Waals surface area contributed by atoms with Crippen molar-refractivity contribution in [2.45, 2.75) is 53.9 Å². The molecule has 0 N–H and O–H groups in total. The first-order valence-electron chi connectivity index (χ1n) is 8.32. The monoisotopic (exact) mass is 314 g/mol. The van der Waals surface area contributed by atoms with Crippen molar-refractivity contribution in [2.24, 2.45) is 5.41 Å². The zero-order chi connectivity index (χ0) is 17.3. The normalized spacial score (nSPS) is 19.7. The minimum Gasteiger partial charge on any atom is -0.464 e. The molecule has 0 amide bonds. The van der Waals surface area contributed by atoms with Crippen LogP contribution in [0.4, 0.5) is 0 Å². The van der Waals surface area contributed by atoms with E-state index in [1.54, 1.807) is 0 Å². The Balaban J connectivity index is 2.69. The van der Waals surface area contributed by atoms with E-state index >= 15 is 0 Å². The Hall–Kier alpha value is -1.83. The van der Waals surface area contributed by atoms with Crippen molar-refractivity contribution in [2.75, 3.05) is 6.61 Å². The van der Waals surface area contributed by atoms with Crippen molar-refractivity contribution in [1.29, 1.82) is 0 Å². The quantitative estimate of drug-likeness (QED) is 0.343. The van der Waals surface area contributed by atoms with Crippen molar-refractivity contribution in [3.63, 3.8) is 0 Å². The zero-order valence-electron chi connectivity index (χ0n) is 15.2. The van der Waals surface area contributed by atoms with Gasteiger partial charge in [0.15, 0.2) is 0 Å². The average Bonchev–Trinajstić information content (AvgIpc) is 2.46. The van der Waals surface area contributed by atoms with Crippen molar-refractivity contribution in [1.82, 2.24) is 0 Å². The maximum Gasteiger partial charge on any atom is 0.293 e. The molecule has 0 aromatic rings. The molecule has 1 rings (SSSR count). The van der Waals surface area contributed by atoms with Gasteiger partial charge in [0.1, 0.15) is 6.61 Å². The summed E-state index contributed by atoms with van der Waals surface area (Å²) in [6.07, 6.45) is 16.3. The molecule has 0 saturated heterocycles. The second kappa shape index (κ2) is 9.34. The molecule has 0 saturated carbocycles. The molecule has 0 aromatic carbocycles. The summed E-state index contributed by atoms with van der Waals surface area (Å²) in [5.41, 5.74) is 5.59. The van der Waals surface area contributed by atoms with E-state index in [1.807, 2.05) is 25.2 Å². The lowest BCUT2D eigenvalue weighted by Crippen LogP contribution is -2.19. The molecule has 23 heavy (non-hydrogen) atoms. The van der Waals surface area contributed by atoms with Gasteiger partial charge in [0, 0.05) is 0 Å². The number of hydrogen-bond donors (Lipinski definition) is 0. The number of carbonyl (C=O) groups is 1. The van der Waals surface area contributed by atoms with Crippen LogP contribution in [-0.4, -0.2) is 13.1 Å². The molecule has 0 bridgehead atoms. The SMILES string of the molecule is CC1=C(/C=C/C(C)=C\C=C\C(C)=C\COC=O)C(C)(C)CCC1. The van der Waals surface area contributed by atoms with E-state index in [4.69, 9.17) is 0 Å². The topological polar surface area (TPSA) is 26.3 Å². The Kier molecular flexibility index (Phi) is 7.80. The second-order valence-electron chi connectivity index (χ2n) is 6.91. The van der Waals surface area contributed by atoms with Gasteiger partial charge in [-0.05, 0) is 57.1 Å². The van der Waals surface area contributed by atoms with E-state index in [1.165, 1.54) is 36.0 Å². The molecule has 2 heteroatoms. The van der Waals surface area contributed by atoms with Crippen molar-refractivity contribution < 1.29 is 9.53 Å². The van der Waals surface area contributed by atoms with Crippen LogP contribution in [0, 0.1) is 5.41 Å². The highest BCUT2D eigenvalue weighted by Gasteiger charge is 2.26. The predicted molar refractivity (Wildman–Crippen MR) is 98.1 cm³/mol. The van der Waals surface area contributed by atoms with Gasteiger partial charge in [-0.25, -0.2) is 0 Å². The fourth-order valence-electron chi connectivity index (χ4n) is 2.92. The highest BCUT2D eigenvalue weighted by atomic mass is 16.5. The van der Waals surface area contributed by atoms with Gasteiger partial charge in [-0.15, -0.1) is 0 Å². The molecule has 1 aliphatic carbocycles. The smallest absolute Gasteiger partial charge is 0.293 e. The first-order chi connectivity index (χ1) is 10.9. The maximum absolute atomic E-state index is 10.1. The zero-order valence-corrected chi connectivity index (χ0v) is 15.2. The van der Waals surface area contributed by atoms with Crippen LogP contribution >= 0.6 is 0 Å². The Morgan fingerprint density at radius 3 is 2.61 bits per heavy atom. The van der Waals surface area contributed by atoms with E-state index in [0.717, 1.165) is 5.57 Å². The first-order valence-corrected chi connectivity index (χ1v) is 8.32. The first kappa shape index (κ1) is 19.2. The second-order valence-corrected chi connectivity index (χ2v) is 6.91. The predicted octanol–water partition coefficient (Wildman–Crippen LogP) is 5.69. The molecule has 0 fully saturated rings. The van der Waals surface area contributed by atoms with Crippen LogP contribution in [0.25, 0.3) is 0 Å². The lowest BCUT2D eigenvalue weighted by Gasteiger charge is -2.32. The average molecular weight is 314 g/mol. The maximum atomic E-state index is 10.1. The molecule has 2 nitrogen and oxygen atoms in total. The Morgan fingerprint density at radius 1 is 1.22 bits per heavy atom. The lowest BCUT2D eigenvalue weighted by atomic mass is 9.72. The van der Waals surface area contributed by atoms with Gasteiger partial charge in [0.05, 0.1) is 0 Å². The summed E-state index contributed by atoms with van der Waals surface area (Å²) in [7, 11) is 0. The molecular weight excluding hydrogens is 284 g/mol. The van der Waals surface area contributed by atoms with Crippen LogP contribution in [0.3, 0.4) is 0 Å². The standard InChI is InChI=1S/C21H30O2/c1-17(8-6-9-18(2)13-15-23-16-22)11-12-20-19(3)10-7-14-21(20,4)5/h6,8-9,11-13,16H,7,10,14-15H2,1-5H3/b9-6+,12-11+,17-8-,18-13+. The highest BCUT2D eigenvalue weighted by molar-refractivity contribution is 5.38. The third kappa shape index (κ3) is 6.85. The van der Waals surface area contributed by atoms with Gasteiger partial charge in [0.2, 0.25) is 0 Å². The third-order valence-electron chi connectivity index (χ3n) is 4.34. The Labute approximate surface area is 141 Å². The van der Waals surface area contributed by atoms with Gasteiger partial charge >= 0.3 is 0 Å². The molecule has 0 atom stereocenters. The van der Waals surface area contributed by atoms with E-state index < -0.39 is 0 Å². The van der Waals surface area contributed by atoms with Gasteiger partial charge in [-0.3, -0.25) is 4.79 Å². The van der Waals surface area contributed by atoms with Crippen LogP contribution in [-0.2, 0) is 9.53 Å². The van der Waals surface area contributed by atoms with Gasteiger partial charge in [-0.2, -0.15) is 0 Å². The number of carbonyl (C=O) groups excluding carboxylic acids is 1. The lowest BCUT2D eigenvalue weighted by molar-refractivity contribution is -0.127. The summed E-state index contributed by atoms with van der Waals surface area (Å²) in [6.45, 7) is 11.8. The van der Waals surface area contributed by atoms with Crippen LogP contribution < -0.4 is 0 Å². The third-order valence-corrected chi connectivity index (χ3v) is 4.34. The number of ether oxygens (including phenoxy) is 1. The molecule has 126 valence electrons. The van der Waals surface area contributed by atoms with E-state index in [9.17, 15) is 4.79 Å². The van der Waals surface area contributed by atoms with Crippen LogP contribution in [0.5, 0.6) is 0 Å². The van der Waals surface area contributed by atoms with E-state index in [0.29, 0.717) is 13.1 Å². The van der Waals surface area contributed by atoms with Gasteiger partial charge < -0.3 is 4.74 Å². The largest absolute Gasteiger partial charge is 0.464 e. The summed E-state index contributed by atoms with van der Waals surface area (Å²) in [6, 6.07) is 0. The molecule has 0 heterocycles. The Morgan fingerprint density at radius 2 is 1.96 bits per heavy atom. The molecule has 0 spiro atoms. The summed E-state index contributed by atoms with van der Waals surface area (Å²) < 4.78 is 4.64. The summed E-state index contributed by atoms with van der Waals surface area (Å²) >= 11 is 0. The molecule has 1 aliphatic rings. The van der Waals surface area contributed by atoms with Crippen LogP contribution in [0.15, 0.2) is 58.7 Å².